The van der Waals surface area contributed by atoms with Gasteiger partial charge in [0.2, 0.25) is 11.8 Å². The van der Waals surface area contributed by atoms with E-state index >= 15 is 0 Å². The molecule has 0 aliphatic carbocycles. The van der Waals surface area contributed by atoms with Crippen molar-refractivity contribution in [2.45, 2.75) is 0 Å². The van der Waals surface area contributed by atoms with Crippen LogP contribution in [0.4, 0.5) is 10.4 Å². The predicted octanol–water partition coefficient (Wildman–Crippen LogP) is 2.11. The Bertz CT molecular complexity index is 1040. The van der Waals surface area contributed by atoms with Crippen LogP contribution < -0.4 is 5.32 Å². The van der Waals surface area contributed by atoms with E-state index in [2.05, 4.69) is 15.5 Å². The second kappa shape index (κ2) is 6.45. The first-order valence-corrected chi connectivity index (χ1v) is 7.87. The van der Waals surface area contributed by atoms with Crippen LogP contribution in [-0.4, -0.2) is 39.4 Å². The smallest absolute Gasteiger partial charge is 0.322 e. The molecule has 0 spiro atoms. The average molecular weight is 366 g/mol. The zero-order chi connectivity index (χ0) is 19.0. The summed E-state index contributed by atoms with van der Waals surface area (Å²) in [5.74, 6) is -2.22. The number of amides is 3. The Morgan fingerprint density at radius 3 is 2.41 bits per heavy atom. The number of rotatable bonds is 4. The van der Waals surface area contributed by atoms with Crippen LogP contribution in [0.1, 0.15) is 20.7 Å². The highest BCUT2D eigenvalue weighted by Crippen LogP contribution is 2.23. The van der Waals surface area contributed by atoms with E-state index in [0.29, 0.717) is 5.56 Å². The van der Waals surface area contributed by atoms with Crippen LogP contribution in [0.2, 0.25) is 0 Å². The maximum absolute atomic E-state index is 13.3. The van der Waals surface area contributed by atoms with Crippen molar-refractivity contribution in [3.05, 3.63) is 65.5 Å². The summed E-state index contributed by atoms with van der Waals surface area (Å²) in [6.07, 6.45) is 0. The van der Waals surface area contributed by atoms with Gasteiger partial charge < -0.3 is 4.42 Å². The first-order chi connectivity index (χ1) is 13.0. The van der Waals surface area contributed by atoms with Crippen LogP contribution in [0, 0.1) is 5.82 Å². The van der Waals surface area contributed by atoms with Gasteiger partial charge in [-0.15, -0.1) is 5.10 Å². The number of fused-ring (bicyclic) bond motifs is 1. The molecular formula is C18H11FN4O4. The molecule has 0 radical (unpaired) electrons. The van der Waals surface area contributed by atoms with E-state index in [9.17, 15) is 18.8 Å². The summed E-state index contributed by atoms with van der Waals surface area (Å²) in [5.41, 5.74) is 0.853. The Balaban J connectivity index is 1.45. The maximum Gasteiger partial charge on any atom is 0.322 e. The van der Waals surface area contributed by atoms with Crippen molar-refractivity contribution in [1.82, 2.24) is 15.1 Å². The van der Waals surface area contributed by atoms with E-state index in [0.717, 1.165) is 4.90 Å². The first kappa shape index (κ1) is 16.6. The van der Waals surface area contributed by atoms with Gasteiger partial charge in [-0.1, -0.05) is 23.3 Å². The monoisotopic (exact) mass is 366 g/mol. The molecule has 9 heteroatoms. The van der Waals surface area contributed by atoms with Crippen LogP contribution in [-0.2, 0) is 4.79 Å². The Morgan fingerprint density at radius 1 is 1.04 bits per heavy atom. The zero-order valence-electron chi connectivity index (χ0n) is 13.7. The number of hydrogen-bond donors (Lipinski definition) is 1. The molecule has 0 atom stereocenters. The molecule has 3 aromatic rings. The molecule has 3 amide bonds. The van der Waals surface area contributed by atoms with Gasteiger partial charge in [-0.3, -0.25) is 24.6 Å². The first-order valence-electron chi connectivity index (χ1n) is 7.87. The summed E-state index contributed by atoms with van der Waals surface area (Å²) in [4.78, 5) is 37.5. The molecule has 8 nitrogen and oxygen atoms in total. The van der Waals surface area contributed by atoms with Crippen LogP contribution in [0.5, 0.6) is 0 Å². The van der Waals surface area contributed by atoms with Crippen molar-refractivity contribution < 1.29 is 23.2 Å². The fourth-order valence-corrected chi connectivity index (χ4v) is 2.70. The second-order valence-electron chi connectivity index (χ2n) is 5.71. The van der Waals surface area contributed by atoms with Crippen molar-refractivity contribution in [3.8, 4) is 11.5 Å². The number of carbonyl (C=O) groups excluding carboxylic acids is 3. The fraction of sp³-hybridized carbons (Fsp3) is 0.0556. The van der Waals surface area contributed by atoms with Crippen molar-refractivity contribution >= 4 is 23.7 Å². The number of imide groups is 1. The maximum atomic E-state index is 13.3. The number of nitrogens with zero attached hydrogens (tertiary/aromatic N) is 3. The highest BCUT2D eigenvalue weighted by molar-refractivity contribution is 6.22. The van der Waals surface area contributed by atoms with Crippen molar-refractivity contribution in [1.29, 1.82) is 0 Å². The minimum atomic E-state index is -0.682. The minimum absolute atomic E-state index is 0.0190. The van der Waals surface area contributed by atoms with E-state index in [1.807, 2.05) is 0 Å². The third-order valence-electron chi connectivity index (χ3n) is 3.92. The van der Waals surface area contributed by atoms with Gasteiger partial charge in [0.05, 0.1) is 11.1 Å². The van der Waals surface area contributed by atoms with Crippen LogP contribution in [0.15, 0.2) is 52.9 Å². The zero-order valence-corrected chi connectivity index (χ0v) is 13.7. The summed E-state index contributed by atoms with van der Waals surface area (Å²) < 4.78 is 18.5. The molecule has 0 saturated heterocycles. The predicted molar refractivity (Wildman–Crippen MR) is 90.1 cm³/mol. The molecule has 27 heavy (non-hydrogen) atoms. The molecule has 1 N–H and O–H groups in total. The highest BCUT2D eigenvalue weighted by atomic mass is 19.1. The lowest BCUT2D eigenvalue weighted by Gasteiger charge is -2.12. The molecule has 0 fully saturated rings. The number of benzene rings is 2. The quantitative estimate of drug-likeness (QED) is 0.709. The number of aromatic nitrogens is 2. The summed E-state index contributed by atoms with van der Waals surface area (Å²) in [6, 6.07) is 11.6. The molecule has 2 aromatic carbocycles. The summed E-state index contributed by atoms with van der Waals surface area (Å²) in [7, 11) is 0. The minimum Gasteiger partial charge on any atom is -0.403 e. The van der Waals surface area contributed by atoms with E-state index in [1.54, 1.807) is 18.2 Å². The van der Waals surface area contributed by atoms with E-state index in [-0.39, 0.29) is 23.0 Å². The third-order valence-corrected chi connectivity index (χ3v) is 3.92. The molecule has 1 aliphatic heterocycles. The number of hydrogen-bond acceptors (Lipinski definition) is 6. The van der Waals surface area contributed by atoms with Gasteiger partial charge in [0.15, 0.2) is 0 Å². The van der Waals surface area contributed by atoms with Crippen LogP contribution in [0.3, 0.4) is 0 Å². The van der Waals surface area contributed by atoms with E-state index in [1.165, 1.54) is 30.3 Å². The molecule has 134 valence electrons. The van der Waals surface area contributed by atoms with E-state index in [4.69, 9.17) is 4.42 Å². The summed E-state index contributed by atoms with van der Waals surface area (Å²) >= 11 is 0. The molecule has 0 saturated carbocycles. The molecule has 0 unspecified atom stereocenters. The van der Waals surface area contributed by atoms with Crippen LogP contribution >= 0.6 is 0 Å². The lowest BCUT2D eigenvalue weighted by Crippen LogP contribution is -2.37. The third kappa shape index (κ3) is 3.06. The topological polar surface area (TPSA) is 105 Å². The van der Waals surface area contributed by atoms with Gasteiger partial charge in [-0.25, -0.2) is 4.39 Å². The van der Waals surface area contributed by atoms with Crippen molar-refractivity contribution in [3.63, 3.8) is 0 Å². The fourth-order valence-electron chi connectivity index (χ4n) is 2.70. The number of anilines is 1. The SMILES string of the molecule is O=C(CN1C(=O)c2ccccc2C1=O)Nc1nnc(-c2cccc(F)c2)o1. The number of halogens is 1. The van der Waals surface area contributed by atoms with Crippen LogP contribution in [0.25, 0.3) is 11.5 Å². The number of nitrogens with one attached hydrogen (secondary N) is 1. The molecule has 4 rings (SSSR count). The van der Waals surface area contributed by atoms with Crippen molar-refractivity contribution in [2.24, 2.45) is 0 Å². The number of carbonyl (C=O) groups is 3. The summed E-state index contributed by atoms with van der Waals surface area (Å²) in [6.45, 7) is -0.496. The Labute approximate surface area is 151 Å². The average Bonchev–Trinajstić information content (AvgIpc) is 3.21. The summed E-state index contributed by atoms with van der Waals surface area (Å²) in [5, 5.41) is 9.71. The van der Waals surface area contributed by atoms with Gasteiger partial charge >= 0.3 is 6.01 Å². The normalized spacial score (nSPS) is 13.0. The van der Waals surface area contributed by atoms with Gasteiger partial charge in [0.25, 0.3) is 11.8 Å². The lowest BCUT2D eigenvalue weighted by molar-refractivity contribution is -0.116. The van der Waals surface area contributed by atoms with Gasteiger partial charge in [0.1, 0.15) is 12.4 Å². The molecule has 1 aromatic heterocycles. The largest absolute Gasteiger partial charge is 0.403 e. The standard InChI is InChI=1S/C18H11FN4O4/c19-11-5-3-4-10(8-11)15-21-22-18(27-15)20-14(24)9-23-16(25)12-6-1-2-7-13(12)17(23)26/h1-8H,9H2,(H,20,22,24). The Kier molecular flexibility index (Phi) is 3.96. The molecular weight excluding hydrogens is 355 g/mol. The Morgan fingerprint density at radius 2 is 1.74 bits per heavy atom. The lowest BCUT2D eigenvalue weighted by atomic mass is 10.1. The second-order valence-corrected chi connectivity index (χ2v) is 5.71. The van der Waals surface area contributed by atoms with Crippen molar-refractivity contribution in [2.75, 3.05) is 11.9 Å². The van der Waals surface area contributed by atoms with Gasteiger partial charge in [-0.05, 0) is 30.3 Å². The highest BCUT2D eigenvalue weighted by Gasteiger charge is 2.36. The van der Waals surface area contributed by atoms with Gasteiger partial charge in [-0.2, -0.15) is 0 Å². The molecule has 0 bridgehead atoms. The Hall–Kier alpha value is -3.88. The van der Waals surface area contributed by atoms with E-state index < -0.39 is 30.1 Å². The molecule has 1 aliphatic rings. The van der Waals surface area contributed by atoms with Gasteiger partial charge in [0, 0.05) is 5.56 Å². The molecule has 2 heterocycles.